The van der Waals surface area contributed by atoms with Gasteiger partial charge in [-0.15, -0.1) is 0 Å². The molecular formula is C18H21N3O4. The Bertz CT molecular complexity index is 707. The van der Waals surface area contributed by atoms with Crippen LogP contribution in [-0.2, 0) is 14.4 Å². The standard InChI is InChI=1S/C18H21N3O4/c19-16(23)11-4-3-5-12(10-11)20-15(22)8-9-21-17(24)13-6-1-2-7-14(13)18(21)25/h3-5,10,13-14H,1-2,6-9H2,(H2,19,23)(H,20,22)/t13-,14-/m1/s1. The summed E-state index contributed by atoms with van der Waals surface area (Å²) in [5, 5.41) is 2.66. The highest BCUT2D eigenvalue weighted by atomic mass is 16.2. The minimum atomic E-state index is -0.577. The number of nitrogens with two attached hydrogens (primary N) is 1. The first-order chi connectivity index (χ1) is 12.0. The highest BCUT2D eigenvalue weighted by Crippen LogP contribution is 2.37. The van der Waals surface area contributed by atoms with Crippen LogP contribution in [-0.4, -0.2) is 35.1 Å². The second-order valence-corrected chi connectivity index (χ2v) is 6.57. The summed E-state index contributed by atoms with van der Waals surface area (Å²) in [6, 6.07) is 6.31. The normalized spacial score (nSPS) is 22.6. The first kappa shape index (κ1) is 17.1. The smallest absolute Gasteiger partial charge is 0.248 e. The fraction of sp³-hybridized carbons (Fsp3) is 0.444. The minimum Gasteiger partial charge on any atom is -0.366 e. The van der Waals surface area contributed by atoms with E-state index in [0.29, 0.717) is 11.3 Å². The first-order valence-corrected chi connectivity index (χ1v) is 8.52. The van der Waals surface area contributed by atoms with Crippen LogP contribution < -0.4 is 11.1 Å². The molecule has 0 aromatic heterocycles. The van der Waals surface area contributed by atoms with Gasteiger partial charge in [0, 0.05) is 24.2 Å². The van der Waals surface area contributed by atoms with Gasteiger partial charge in [0.05, 0.1) is 11.8 Å². The van der Waals surface area contributed by atoms with Crippen LogP contribution >= 0.6 is 0 Å². The largest absolute Gasteiger partial charge is 0.366 e. The maximum absolute atomic E-state index is 12.4. The molecule has 4 amide bonds. The van der Waals surface area contributed by atoms with Gasteiger partial charge in [0.2, 0.25) is 23.6 Å². The second-order valence-electron chi connectivity index (χ2n) is 6.57. The molecule has 0 spiro atoms. The number of carbonyl (C=O) groups excluding carboxylic acids is 4. The minimum absolute atomic E-state index is 0.0255. The zero-order chi connectivity index (χ0) is 18.0. The van der Waals surface area contributed by atoms with Crippen molar-refractivity contribution in [3.63, 3.8) is 0 Å². The fourth-order valence-electron chi connectivity index (χ4n) is 3.64. The van der Waals surface area contributed by atoms with E-state index in [1.165, 1.54) is 11.0 Å². The predicted octanol–water partition coefficient (Wildman–Crippen LogP) is 1.29. The van der Waals surface area contributed by atoms with E-state index in [0.717, 1.165) is 25.7 Å². The quantitative estimate of drug-likeness (QED) is 0.785. The molecule has 7 heteroatoms. The molecule has 1 aromatic rings. The summed E-state index contributed by atoms with van der Waals surface area (Å²) >= 11 is 0. The van der Waals surface area contributed by atoms with Crippen molar-refractivity contribution in [3.8, 4) is 0 Å². The number of fused-ring (bicyclic) bond motifs is 1. The van der Waals surface area contributed by atoms with Gasteiger partial charge in [-0.05, 0) is 31.0 Å². The summed E-state index contributed by atoms with van der Waals surface area (Å²) in [4.78, 5) is 49.2. The summed E-state index contributed by atoms with van der Waals surface area (Å²) in [5.74, 6) is -1.58. The van der Waals surface area contributed by atoms with Crippen LogP contribution in [0.5, 0.6) is 0 Å². The number of amides is 4. The number of nitrogens with zero attached hydrogens (tertiary/aromatic N) is 1. The van der Waals surface area contributed by atoms with Gasteiger partial charge in [0.15, 0.2) is 0 Å². The number of carbonyl (C=O) groups is 4. The maximum atomic E-state index is 12.4. The predicted molar refractivity (Wildman–Crippen MR) is 90.4 cm³/mol. The van der Waals surface area contributed by atoms with Gasteiger partial charge >= 0.3 is 0 Å². The monoisotopic (exact) mass is 343 g/mol. The van der Waals surface area contributed by atoms with E-state index in [4.69, 9.17) is 5.73 Å². The van der Waals surface area contributed by atoms with E-state index >= 15 is 0 Å². The van der Waals surface area contributed by atoms with E-state index < -0.39 is 5.91 Å². The van der Waals surface area contributed by atoms with E-state index in [1.807, 2.05) is 0 Å². The molecule has 0 bridgehead atoms. The highest BCUT2D eigenvalue weighted by Gasteiger charge is 2.47. The van der Waals surface area contributed by atoms with Gasteiger partial charge in [-0.1, -0.05) is 18.9 Å². The molecule has 1 aliphatic heterocycles. The molecule has 1 aromatic carbocycles. The lowest BCUT2D eigenvalue weighted by Crippen LogP contribution is -2.34. The summed E-state index contributed by atoms with van der Waals surface area (Å²) in [6.07, 6.45) is 3.50. The van der Waals surface area contributed by atoms with Gasteiger partial charge in [-0.2, -0.15) is 0 Å². The number of likely N-dealkylation sites (tertiary alicyclic amines) is 1. The molecule has 0 unspecified atom stereocenters. The number of benzene rings is 1. The van der Waals surface area contributed by atoms with E-state index in [1.54, 1.807) is 18.2 Å². The molecule has 3 rings (SSSR count). The van der Waals surface area contributed by atoms with Gasteiger partial charge in [-0.3, -0.25) is 24.1 Å². The van der Waals surface area contributed by atoms with Gasteiger partial charge in [0.1, 0.15) is 0 Å². The second kappa shape index (κ2) is 7.04. The maximum Gasteiger partial charge on any atom is 0.248 e. The Balaban J connectivity index is 1.57. The lowest BCUT2D eigenvalue weighted by Gasteiger charge is -2.19. The zero-order valence-electron chi connectivity index (χ0n) is 13.9. The topological polar surface area (TPSA) is 110 Å². The average Bonchev–Trinajstić information content (AvgIpc) is 2.85. The molecule has 25 heavy (non-hydrogen) atoms. The summed E-state index contributed by atoms with van der Waals surface area (Å²) in [7, 11) is 0. The number of hydrogen-bond acceptors (Lipinski definition) is 4. The Morgan fingerprint density at radius 1 is 1.12 bits per heavy atom. The molecular weight excluding hydrogens is 322 g/mol. The third-order valence-corrected chi connectivity index (χ3v) is 4.93. The molecule has 0 radical (unpaired) electrons. The van der Waals surface area contributed by atoms with Crippen molar-refractivity contribution in [2.45, 2.75) is 32.1 Å². The Morgan fingerprint density at radius 3 is 2.36 bits per heavy atom. The molecule has 1 aliphatic carbocycles. The molecule has 2 fully saturated rings. The van der Waals surface area contributed by atoms with Crippen LogP contribution in [0.25, 0.3) is 0 Å². The van der Waals surface area contributed by atoms with Crippen molar-refractivity contribution >= 4 is 29.3 Å². The molecule has 1 heterocycles. The lowest BCUT2D eigenvalue weighted by atomic mass is 9.81. The van der Waals surface area contributed by atoms with Gasteiger partial charge in [-0.25, -0.2) is 0 Å². The molecule has 1 saturated heterocycles. The number of hydrogen-bond donors (Lipinski definition) is 2. The summed E-state index contributed by atoms with van der Waals surface area (Å²) in [6.45, 7) is 0.0893. The molecule has 1 saturated carbocycles. The van der Waals surface area contributed by atoms with Crippen LogP contribution in [0.4, 0.5) is 5.69 Å². The van der Waals surface area contributed by atoms with E-state index in [-0.39, 0.29) is 42.5 Å². The number of nitrogens with one attached hydrogen (secondary N) is 1. The third-order valence-electron chi connectivity index (χ3n) is 4.93. The number of rotatable bonds is 5. The average molecular weight is 343 g/mol. The molecule has 2 aliphatic rings. The Labute approximate surface area is 145 Å². The Kier molecular flexibility index (Phi) is 4.83. The van der Waals surface area contributed by atoms with Crippen LogP contribution in [0.3, 0.4) is 0 Å². The van der Waals surface area contributed by atoms with Crippen LogP contribution in [0.2, 0.25) is 0 Å². The van der Waals surface area contributed by atoms with Crippen molar-refractivity contribution in [1.82, 2.24) is 4.90 Å². The Morgan fingerprint density at radius 2 is 1.76 bits per heavy atom. The van der Waals surface area contributed by atoms with Crippen molar-refractivity contribution < 1.29 is 19.2 Å². The number of anilines is 1. The summed E-state index contributed by atoms with van der Waals surface area (Å²) < 4.78 is 0. The molecule has 7 nitrogen and oxygen atoms in total. The van der Waals surface area contributed by atoms with Crippen LogP contribution in [0.1, 0.15) is 42.5 Å². The molecule has 3 N–H and O–H groups in total. The van der Waals surface area contributed by atoms with E-state index in [2.05, 4.69) is 5.32 Å². The first-order valence-electron chi connectivity index (χ1n) is 8.52. The number of imide groups is 1. The van der Waals surface area contributed by atoms with Crippen molar-refractivity contribution in [2.24, 2.45) is 17.6 Å². The lowest BCUT2D eigenvalue weighted by molar-refractivity contribution is -0.140. The Hall–Kier alpha value is -2.70. The molecule has 132 valence electrons. The summed E-state index contributed by atoms with van der Waals surface area (Å²) in [5.41, 5.74) is 5.96. The van der Waals surface area contributed by atoms with Gasteiger partial charge in [0.25, 0.3) is 0 Å². The van der Waals surface area contributed by atoms with Crippen LogP contribution in [0, 0.1) is 11.8 Å². The van der Waals surface area contributed by atoms with Crippen molar-refractivity contribution in [3.05, 3.63) is 29.8 Å². The zero-order valence-corrected chi connectivity index (χ0v) is 13.9. The molecule has 2 atom stereocenters. The third kappa shape index (κ3) is 3.55. The van der Waals surface area contributed by atoms with Crippen molar-refractivity contribution in [2.75, 3.05) is 11.9 Å². The highest BCUT2D eigenvalue weighted by molar-refractivity contribution is 6.05. The van der Waals surface area contributed by atoms with E-state index in [9.17, 15) is 19.2 Å². The SMILES string of the molecule is NC(=O)c1cccc(NC(=O)CCN2C(=O)[C@@H]3CCCC[C@H]3C2=O)c1. The number of primary amides is 1. The van der Waals surface area contributed by atoms with Crippen molar-refractivity contribution in [1.29, 1.82) is 0 Å². The van der Waals surface area contributed by atoms with Gasteiger partial charge < -0.3 is 11.1 Å². The van der Waals surface area contributed by atoms with Crippen LogP contribution in [0.15, 0.2) is 24.3 Å². The fourth-order valence-corrected chi connectivity index (χ4v) is 3.64.